The van der Waals surface area contributed by atoms with Gasteiger partial charge in [0.25, 0.3) is 0 Å². The summed E-state index contributed by atoms with van der Waals surface area (Å²) in [7, 11) is 1.35. The van der Waals surface area contributed by atoms with Crippen LogP contribution in [0.25, 0.3) is 0 Å². The van der Waals surface area contributed by atoms with E-state index in [0.29, 0.717) is 31.9 Å². The number of methoxy groups -OCH3 is 1. The number of nitrogens with one attached hydrogen (secondary N) is 1. The molecule has 0 bridgehead atoms. The first kappa shape index (κ1) is 21.4. The number of hydrogen-bond donors (Lipinski definition) is 1. The SMILES string of the molecule is COC(=O)c1ccc([C@H](C)NC(=O)C2COCCN2Cc2cncc(Br)c2)cc1. The summed E-state index contributed by atoms with van der Waals surface area (Å²) in [5.41, 5.74) is 2.42. The van der Waals surface area contributed by atoms with Crippen LogP contribution in [0.2, 0.25) is 0 Å². The normalized spacial score (nSPS) is 18.1. The van der Waals surface area contributed by atoms with Crippen molar-refractivity contribution in [1.82, 2.24) is 15.2 Å². The van der Waals surface area contributed by atoms with Gasteiger partial charge < -0.3 is 14.8 Å². The molecule has 1 aliphatic rings. The Bertz CT molecular complexity index is 859. The third kappa shape index (κ3) is 5.62. The minimum atomic E-state index is -0.384. The van der Waals surface area contributed by atoms with Crippen molar-refractivity contribution in [2.75, 3.05) is 26.9 Å². The fourth-order valence-electron chi connectivity index (χ4n) is 3.26. The summed E-state index contributed by atoms with van der Waals surface area (Å²) < 4.78 is 11.2. The Morgan fingerprint density at radius 1 is 1.34 bits per heavy atom. The smallest absolute Gasteiger partial charge is 0.337 e. The number of hydrogen-bond acceptors (Lipinski definition) is 6. The highest BCUT2D eigenvalue weighted by Crippen LogP contribution is 2.18. The van der Waals surface area contributed by atoms with Gasteiger partial charge in [-0.2, -0.15) is 0 Å². The number of amides is 1. The van der Waals surface area contributed by atoms with E-state index in [1.54, 1.807) is 24.5 Å². The third-order valence-corrected chi connectivity index (χ3v) is 5.31. The predicted octanol–water partition coefficient (Wildman–Crippen LogP) is 2.71. The lowest BCUT2D eigenvalue weighted by Gasteiger charge is -2.35. The molecular weight excluding hydrogens is 438 g/mol. The quantitative estimate of drug-likeness (QED) is 0.666. The van der Waals surface area contributed by atoms with E-state index < -0.39 is 0 Å². The van der Waals surface area contributed by atoms with Crippen molar-refractivity contribution in [1.29, 1.82) is 0 Å². The predicted molar refractivity (Wildman–Crippen MR) is 111 cm³/mol. The second kappa shape index (κ2) is 9.96. The maximum Gasteiger partial charge on any atom is 0.337 e. The van der Waals surface area contributed by atoms with Crippen molar-refractivity contribution in [2.45, 2.75) is 25.6 Å². The molecule has 1 saturated heterocycles. The van der Waals surface area contributed by atoms with Crippen molar-refractivity contribution >= 4 is 27.8 Å². The van der Waals surface area contributed by atoms with Crippen molar-refractivity contribution < 1.29 is 19.1 Å². The number of carbonyl (C=O) groups is 2. The molecule has 1 aromatic heterocycles. The van der Waals surface area contributed by atoms with Crippen molar-refractivity contribution in [2.24, 2.45) is 0 Å². The van der Waals surface area contributed by atoms with E-state index in [9.17, 15) is 9.59 Å². The largest absolute Gasteiger partial charge is 0.465 e. The first-order chi connectivity index (χ1) is 14.0. The Morgan fingerprint density at radius 2 is 2.10 bits per heavy atom. The van der Waals surface area contributed by atoms with E-state index in [-0.39, 0.29) is 24.0 Å². The number of nitrogens with zero attached hydrogens (tertiary/aromatic N) is 2. The Balaban J connectivity index is 1.64. The van der Waals surface area contributed by atoms with Crippen LogP contribution in [0.15, 0.2) is 47.2 Å². The molecule has 0 saturated carbocycles. The summed E-state index contributed by atoms with van der Waals surface area (Å²) in [5, 5.41) is 3.05. The molecule has 1 amide bonds. The summed E-state index contributed by atoms with van der Waals surface area (Å²) in [5.74, 6) is -0.470. The van der Waals surface area contributed by atoms with Crippen LogP contribution in [0.1, 0.15) is 34.5 Å². The molecule has 1 unspecified atom stereocenters. The number of halogens is 1. The zero-order valence-corrected chi connectivity index (χ0v) is 18.0. The van der Waals surface area contributed by atoms with Crippen LogP contribution in [0, 0.1) is 0 Å². The van der Waals surface area contributed by atoms with E-state index in [0.717, 1.165) is 15.6 Å². The van der Waals surface area contributed by atoms with Crippen LogP contribution in [0.3, 0.4) is 0 Å². The van der Waals surface area contributed by atoms with Crippen LogP contribution in [-0.2, 0) is 20.8 Å². The molecule has 2 atom stereocenters. The monoisotopic (exact) mass is 461 g/mol. The number of aromatic nitrogens is 1. The van der Waals surface area contributed by atoms with Gasteiger partial charge in [-0.1, -0.05) is 12.1 Å². The van der Waals surface area contributed by atoms with Gasteiger partial charge in [0, 0.05) is 30.0 Å². The maximum absolute atomic E-state index is 12.9. The first-order valence-corrected chi connectivity index (χ1v) is 10.2. The summed E-state index contributed by atoms with van der Waals surface area (Å²) in [6.45, 7) is 4.15. The van der Waals surface area contributed by atoms with Gasteiger partial charge in [0.2, 0.25) is 5.91 Å². The molecular formula is C21H24BrN3O4. The molecule has 154 valence electrons. The van der Waals surface area contributed by atoms with E-state index >= 15 is 0 Å². The minimum absolute atomic E-state index is 0.0859. The number of esters is 1. The van der Waals surface area contributed by atoms with Crippen LogP contribution in [-0.4, -0.2) is 54.7 Å². The molecule has 0 aliphatic carbocycles. The first-order valence-electron chi connectivity index (χ1n) is 9.38. The molecule has 8 heteroatoms. The van der Waals surface area contributed by atoms with Gasteiger partial charge in [-0.15, -0.1) is 0 Å². The molecule has 0 radical (unpaired) electrons. The van der Waals surface area contributed by atoms with Gasteiger partial charge in [-0.05, 0) is 52.2 Å². The number of ether oxygens (including phenoxy) is 2. The molecule has 29 heavy (non-hydrogen) atoms. The van der Waals surface area contributed by atoms with Gasteiger partial charge >= 0.3 is 5.97 Å². The highest BCUT2D eigenvalue weighted by molar-refractivity contribution is 9.10. The second-order valence-corrected chi connectivity index (χ2v) is 7.83. The fourth-order valence-corrected chi connectivity index (χ4v) is 3.68. The topological polar surface area (TPSA) is 80.8 Å². The highest BCUT2D eigenvalue weighted by atomic mass is 79.9. The molecule has 1 aliphatic heterocycles. The molecule has 3 rings (SSSR count). The van der Waals surface area contributed by atoms with Crippen molar-refractivity contribution in [3.8, 4) is 0 Å². The van der Waals surface area contributed by atoms with Crippen LogP contribution < -0.4 is 5.32 Å². The molecule has 2 heterocycles. The molecule has 1 aromatic carbocycles. The van der Waals surface area contributed by atoms with Crippen LogP contribution >= 0.6 is 15.9 Å². The van der Waals surface area contributed by atoms with Gasteiger partial charge in [-0.3, -0.25) is 14.7 Å². The summed E-state index contributed by atoms with van der Waals surface area (Å²) >= 11 is 3.43. The maximum atomic E-state index is 12.9. The van der Waals surface area contributed by atoms with E-state index in [1.807, 2.05) is 25.1 Å². The lowest BCUT2D eigenvalue weighted by molar-refractivity contribution is -0.133. The van der Waals surface area contributed by atoms with Gasteiger partial charge in [-0.25, -0.2) is 4.79 Å². The molecule has 1 fully saturated rings. The fraction of sp³-hybridized carbons (Fsp3) is 0.381. The molecule has 1 N–H and O–H groups in total. The highest BCUT2D eigenvalue weighted by Gasteiger charge is 2.30. The lowest BCUT2D eigenvalue weighted by Crippen LogP contribution is -2.53. The summed E-state index contributed by atoms with van der Waals surface area (Å²) in [4.78, 5) is 30.8. The third-order valence-electron chi connectivity index (χ3n) is 4.88. The molecule has 7 nitrogen and oxygen atoms in total. The van der Waals surface area contributed by atoms with Crippen molar-refractivity contribution in [3.05, 3.63) is 63.9 Å². The second-order valence-electron chi connectivity index (χ2n) is 6.92. The van der Waals surface area contributed by atoms with E-state index in [1.165, 1.54) is 7.11 Å². The van der Waals surface area contributed by atoms with E-state index in [4.69, 9.17) is 9.47 Å². The van der Waals surface area contributed by atoms with Crippen molar-refractivity contribution in [3.63, 3.8) is 0 Å². The minimum Gasteiger partial charge on any atom is -0.465 e. The summed E-state index contributed by atoms with van der Waals surface area (Å²) in [6.07, 6.45) is 3.54. The van der Waals surface area contributed by atoms with Gasteiger partial charge in [0.15, 0.2) is 0 Å². The van der Waals surface area contributed by atoms with Gasteiger partial charge in [0.05, 0.1) is 31.9 Å². The Labute approximate surface area is 178 Å². The van der Waals surface area contributed by atoms with Gasteiger partial charge in [0.1, 0.15) is 6.04 Å². The molecule has 0 spiro atoms. The zero-order valence-electron chi connectivity index (χ0n) is 16.4. The zero-order chi connectivity index (χ0) is 20.8. The Kier molecular flexibility index (Phi) is 7.35. The average Bonchev–Trinajstić information content (AvgIpc) is 2.73. The number of carbonyl (C=O) groups excluding carboxylic acids is 2. The van der Waals surface area contributed by atoms with E-state index in [2.05, 4.69) is 31.1 Å². The van der Waals surface area contributed by atoms with Crippen LogP contribution in [0.5, 0.6) is 0 Å². The van der Waals surface area contributed by atoms with Crippen LogP contribution in [0.4, 0.5) is 0 Å². The lowest BCUT2D eigenvalue weighted by atomic mass is 10.1. The number of benzene rings is 1. The number of pyridine rings is 1. The summed E-state index contributed by atoms with van der Waals surface area (Å²) in [6, 6.07) is 8.45. The number of rotatable bonds is 6. The number of morpholine rings is 1. The average molecular weight is 462 g/mol. The molecule has 2 aromatic rings. The Morgan fingerprint density at radius 3 is 2.79 bits per heavy atom. The Hall–Kier alpha value is -2.29. The standard InChI is InChI=1S/C21H24BrN3O4/c1-14(16-3-5-17(6-4-16)21(27)28-2)24-20(26)19-13-29-8-7-25(19)12-15-9-18(22)11-23-10-15/h3-6,9-11,14,19H,7-8,12-13H2,1-2H3,(H,24,26)/t14-,19?/m0/s1.